The Kier molecular flexibility index (Phi) is 6.60. The van der Waals surface area contributed by atoms with Crippen molar-refractivity contribution in [3.8, 4) is 0 Å². The largest absolute Gasteiger partial charge is 0.383 e. The second-order valence-corrected chi connectivity index (χ2v) is 5.35. The molecule has 0 fully saturated rings. The lowest BCUT2D eigenvalue weighted by Crippen LogP contribution is -2.26. The Morgan fingerprint density at radius 2 is 1.50 bits per heavy atom. The summed E-state index contributed by atoms with van der Waals surface area (Å²) >= 11 is 5.79. The van der Waals surface area contributed by atoms with Crippen LogP contribution in [0.25, 0.3) is 0 Å². The molecule has 7 heteroatoms. The van der Waals surface area contributed by atoms with Gasteiger partial charge in [-0.2, -0.15) is 0 Å². The van der Waals surface area contributed by atoms with Crippen LogP contribution in [0.3, 0.4) is 0 Å². The molecule has 0 aromatic heterocycles. The third-order valence-corrected chi connectivity index (χ3v) is 3.35. The number of hydrogen-bond acceptors (Lipinski definition) is 3. The summed E-state index contributed by atoms with van der Waals surface area (Å²) in [6.07, 6.45) is 0. The second-order valence-electron chi connectivity index (χ2n) is 4.91. The molecule has 6 nitrogen and oxygen atoms in total. The summed E-state index contributed by atoms with van der Waals surface area (Å²) in [7, 11) is 1.57. The van der Waals surface area contributed by atoms with Crippen LogP contribution in [0.4, 0.5) is 16.2 Å². The van der Waals surface area contributed by atoms with Crippen molar-refractivity contribution in [1.29, 1.82) is 0 Å². The number of carbonyl (C=O) groups is 2. The van der Waals surface area contributed by atoms with Crippen molar-refractivity contribution in [1.82, 2.24) is 5.32 Å². The van der Waals surface area contributed by atoms with E-state index in [0.29, 0.717) is 35.1 Å². The molecule has 0 spiro atoms. The zero-order valence-corrected chi connectivity index (χ0v) is 13.9. The summed E-state index contributed by atoms with van der Waals surface area (Å²) in [5.74, 6) is -0.191. The van der Waals surface area contributed by atoms with Crippen molar-refractivity contribution in [2.24, 2.45) is 0 Å². The van der Waals surface area contributed by atoms with Gasteiger partial charge >= 0.3 is 6.03 Å². The number of nitrogens with one attached hydrogen (secondary N) is 3. The molecule has 0 aliphatic heterocycles. The summed E-state index contributed by atoms with van der Waals surface area (Å²) in [6.45, 7) is 0.898. The molecule has 24 heavy (non-hydrogen) atoms. The van der Waals surface area contributed by atoms with Crippen molar-refractivity contribution in [3.05, 3.63) is 59.1 Å². The highest BCUT2D eigenvalue weighted by atomic mass is 35.5. The van der Waals surface area contributed by atoms with E-state index in [9.17, 15) is 9.59 Å². The van der Waals surface area contributed by atoms with E-state index in [1.807, 2.05) is 0 Å². The molecule has 3 amide bonds. The van der Waals surface area contributed by atoms with Crippen LogP contribution in [0, 0.1) is 0 Å². The first kappa shape index (κ1) is 17.8. The predicted octanol–water partition coefficient (Wildman–Crippen LogP) is 3.36. The third kappa shape index (κ3) is 5.57. The monoisotopic (exact) mass is 347 g/mol. The van der Waals surface area contributed by atoms with Crippen LogP contribution in [0.15, 0.2) is 48.5 Å². The zero-order valence-electron chi connectivity index (χ0n) is 13.1. The molecule has 2 rings (SSSR count). The maximum Gasteiger partial charge on any atom is 0.323 e. The zero-order chi connectivity index (χ0) is 17.4. The normalized spacial score (nSPS) is 10.1. The van der Waals surface area contributed by atoms with Crippen molar-refractivity contribution >= 4 is 34.9 Å². The number of anilines is 2. The molecular formula is C17H18ClN3O3. The molecule has 0 saturated carbocycles. The van der Waals surface area contributed by atoms with Gasteiger partial charge < -0.3 is 20.7 Å². The molecule has 0 atom stereocenters. The maximum absolute atomic E-state index is 11.9. The summed E-state index contributed by atoms with van der Waals surface area (Å²) in [6, 6.07) is 13.0. The molecule has 126 valence electrons. The topological polar surface area (TPSA) is 79.5 Å². The average Bonchev–Trinajstić information content (AvgIpc) is 2.58. The average molecular weight is 348 g/mol. The number of carbonyl (C=O) groups excluding carboxylic acids is 2. The highest BCUT2D eigenvalue weighted by Gasteiger charge is 2.06. The first-order valence-corrected chi connectivity index (χ1v) is 7.67. The first-order valence-electron chi connectivity index (χ1n) is 7.29. The number of amides is 3. The molecule has 0 heterocycles. The lowest BCUT2D eigenvalue weighted by molar-refractivity contribution is 0.0937. The fourth-order valence-electron chi connectivity index (χ4n) is 1.90. The maximum atomic E-state index is 11.9. The minimum atomic E-state index is -0.380. The number of ether oxygens (including phenoxy) is 1. The number of rotatable bonds is 6. The number of halogens is 1. The predicted molar refractivity (Wildman–Crippen MR) is 94.7 cm³/mol. The van der Waals surface area contributed by atoms with Gasteiger partial charge in [-0.15, -0.1) is 0 Å². The van der Waals surface area contributed by atoms with Gasteiger partial charge in [0.25, 0.3) is 5.91 Å². The van der Waals surface area contributed by atoms with Crippen LogP contribution >= 0.6 is 11.6 Å². The van der Waals surface area contributed by atoms with Gasteiger partial charge in [-0.1, -0.05) is 11.6 Å². The minimum Gasteiger partial charge on any atom is -0.383 e. The number of urea groups is 1. The highest BCUT2D eigenvalue weighted by molar-refractivity contribution is 6.30. The van der Waals surface area contributed by atoms with Gasteiger partial charge in [0.2, 0.25) is 0 Å². The van der Waals surface area contributed by atoms with Crippen molar-refractivity contribution < 1.29 is 14.3 Å². The lowest BCUT2D eigenvalue weighted by atomic mass is 10.2. The van der Waals surface area contributed by atoms with Gasteiger partial charge in [0, 0.05) is 35.6 Å². The molecule has 3 N–H and O–H groups in total. The highest BCUT2D eigenvalue weighted by Crippen LogP contribution is 2.14. The number of benzene rings is 2. The summed E-state index contributed by atoms with van der Waals surface area (Å²) in [5.41, 5.74) is 1.72. The van der Waals surface area contributed by atoms with Gasteiger partial charge in [-0.3, -0.25) is 4.79 Å². The Hall–Kier alpha value is -2.57. The van der Waals surface area contributed by atoms with Gasteiger partial charge in [-0.05, 0) is 48.5 Å². The van der Waals surface area contributed by atoms with Crippen molar-refractivity contribution in [3.63, 3.8) is 0 Å². The van der Waals surface area contributed by atoms with Gasteiger partial charge in [0.05, 0.1) is 6.61 Å². The molecule has 0 aliphatic rings. The number of hydrogen-bond donors (Lipinski definition) is 3. The van der Waals surface area contributed by atoms with Gasteiger partial charge in [-0.25, -0.2) is 4.79 Å². The first-order chi connectivity index (χ1) is 11.6. The van der Waals surface area contributed by atoms with Crippen LogP contribution in [0.2, 0.25) is 5.02 Å². The SMILES string of the molecule is COCCNC(=O)c1ccc(NC(=O)Nc2ccc(Cl)cc2)cc1. The lowest BCUT2D eigenvalue weighted by Gasteiger charge is -2.09. The minimum absolute atomic E-state index is 0.191. The van der Waals surface area contributed by atoms with E-state index >= 15 is 0 Å². The van der Waals surface area contributed by atoms with E-state index in [0.717, 1.165) is 0 Å². The van der Waals surface area contributed by atoms with Crippen LogP contribution in [0.5, 0.6) is 0 Å². The van der Waals surface area contributed by atoms with Crippen LogP contribution < -0.4 is 16.0 Å². The second kappa shape index (κ2) is 8.90. The Morgan fingerprint density at radius 3 is 2.04 bits per heavy atom. The molecule has 0 aliphatic carbocycles. The van der Waals surface area contributed by atoms with Gasteiger partial charge in [0.1, 0.15) is 0 Å². The molecule has 0 unspecified atom stereocenters. The van der Waals surface area contributed by atoms with E-state index < -0.39 is 0 Å². The van der Waals surface area contributed by atoms with Crippen LogP contribution in [-0.4, -0.2) is 32.2 Å². The third-order valence-electron chi connectivity index (χ3n) is 3.10. The van der Waals surface area contributed by atoms with Crippen molar-refractivity contribution in [2.45, 2.75) is 0 Å². The smallest absolute Gasteiger partial charge is 0.323 e. The van der Waals surface area contributed by atoms with E-state index in [1.165, 1.54) is 0 Å². The van der Waals surface area contributed by atoms with Crippen LogP contribution in [0.1, 0.15) is 10.4 Å². The Labute approximate surface area is 145 Å². The standard InChI is InChI=1S/C17H18ClN3O3/c1-24-11-10-19-16(22)12-2-6-14(7-3-12)20-17(23)21-15-8-4-13(18)5-9-15/h2-9H,10-11H2,1H3,(H,19,22)(H2,20,21,23). The molecular weight excluding hydrogens is 330 g/mol. The van der Waals surface area contributed by atoms with E-state index in [-0.39, 0.29) is 11.9 Å². The van der Waals surface area contributed by atoms with Crippen molar-refractivity contribution in [2.75, 3.05) is 30.9 Å². The van der Waals surface area contributed by atoms with E-state index in [4.69, 9.17) is 16.3 Å². The Balaban J connectivity index is 1.87. The number of methoxy groups -OCH3 is 1. The molecule has 0 bridgehead atoms. The van der Waals surface area contributed by atoms with Crippen LogP contribution in [-0.2, 0) is 4.74 Å². The molecule has 2 aromatic rings. The van der Waals surface area contributed by atoms with E-state index in [1.54, 1.807) is 55.6 Å². The summed E-state index contributed by atoms with van der Waals surface area (Å²) < 4.78 is 4.87. The molecule has 0 radical (unpaired) electrons. The molecule has 0 saturated heterocycles. The fourth-order valence-corrected chi connectivity index (χ4v) is 2.03. The van der Waals surface area contributed by atoms with E-state index in [2.05, 4.69) is 16.0 Å². The molecule has 2 aromatic carbocycles. The van der Waals surface area contributed by atoms with Gasteiger partial charge in [0.15, 0.2) is 0 Å². The Bertz CT molecular complexity index is 687. The fraction of sp³-hybridized carbons (Fsp3) is 0.176. The summed E-state index contributed by atoms with van der Waals surface area (Å²) in [5, 5.41) is 8.70. The quantitative estimate of drug-likeness (QED) is 0.701. The summed E-state index contributed by atoms with van der Waals surface area (Å²) in [4.78, 5) is 23.8. The Morgan fingerprint density at radius 1 is 0.958 bits per heavy atom.